The molecule has 112 valence electrons. The average Bonchev–Trinajstić information content (AvgIpc) is 2.34. The summed E-state index contributed by atoms with van der Waals surface area (Å²) in [5, 5.41) is 5.59. The van der Waals surface area contributed by atoms with Gasteiger partial charge < -0.3 is 5.32 Å². The van der Waals surface area contributed by atoms with Crippen LogP contribution in [0.3, 0.4) is 0 Å². The lowest BCUT2D eigenvalue weighted by Gasteiger charge is -2.21. The van der Waals surface area contributed by atoms with Gasteiger partial charge in [-0.3, -0.25) is 0 Å². The standard InChI is InChI=1S/C9H19ClN4O4S/c1-4-8(7-19(17,18)13(2)3)11-9(15)14(12-16)6-5-10/h8H,4-7H2,1-3H3,(H,11,15). The van der Waals surface area contributed by atoms with Gasteiger partial charge in [0, 0.05) is 26.0 Å². The lowest BCUT2D eigenvalue weighted by Crippen LogP contribution is -2.47. The van der Waals surface area contributed by atoms with Crippen LogP contribution in [0.15, 0.2) is 5.29 Å². The van der Waals surface area contributed by atoms with Crippen molar-refractivity contribution in [1.82, 2.24) is 14.6 Å². The average molecular weight is 315 g/mol. The quantitative estimate of drug-likeness (QED) is 0.402. The van der Waals surface area contributed by atoms with Gasteiger partial charge in [-0.05, 0) is 6.42 Å². The van der Waals surface area contributed by atoms with Crippen LogP contribution in [0.2, 0.25) is 0 Å². The van der Waals surface area contributed by atoms with Crippen molar-refractivity contribution in [3.05, 3.63) is 4.91 Å². The van der Waals surface area contributed by atoms with E-state index in [9.17, 15) is 18.1 Å². The van der Waals surface area contributed by atoms with E-state index in [0.717, 1.165) is 4.31 Å². The minimum atomic E-state index is -3.43. The fraction of sp³-hybridized carbons (Fsp3) is 0.889. The maximum Gasteiger partial charge on any atom is 0.340 e. The molecule has 0 heterocycles. The largest absolute Gasteiger partial charge is 0.340 e. The highest BCUT2D eigenvalue weighted by Crippen LogP contribution is 2.03. The zero-order chi connectivity index (χ0) is 15.1. The molecule has 1 N–H and O–H groups in total. The summed E-state index contributed by atoms with van der Waals surface area (Å²) in [6.45, 7) is 1.70. The van der Waals surface area contributed by atoms with Crippen molar-refractivity contribution in [3.63, 3.8) is 0 Å². The Morgan fingerprint density at radius 1 is 1.42 bits per heavy atom. The number of sulfonamides is 1. The number of amides is 2. The zero-order valence-corrected chi connectivity index (χ0v) is 12.7. The predicted molar refractivity (Wildman–Crippen MR) is 73.3 cm³/mol. The summed E-state index contributed by atoms with van der Waals surface area (Å²) < 4.78 is 24.5. The Labute approximate surface area is 118 Å². The molecular weight excluding hydrogens is 296 g/mol. The van der Waals surface area contributed by atoms with E-state index >= 15 is 0 Å². The molecule has 0 radical (unpaired) electrons. The minimum absolute atomic E-state index is 0.0340. The topological polar surface area (TPSA) is 99.2 Å². The van der Waals surface area contributed by atoms with E-state index in [0.29, 0.717) is 11.4 Å². The molecule has 0 aliphatic carbocycles. The van der Waals surface area contributed by atoms with Gasteiger partial charge in [0.25, 0.3) is 0 Å². The number of halogens is 1. The molecule has 8 nitrogen and oxygen atoms in total. The Morgan fingerprint density at radius 2 is 2.00 bits per heavy atom. The Balaban J connectivity index is 4.65. The summed E-state index contributed by atoms with van der Waals surface area (Å²) in [6.07, 6.45) is 0.409. The van der Waals surface area contributed by atoms with E-state index in [1.54, 1.807) is 6.92 Å². The van der Waals surface area contributed by atoms with Crippen LogP contribution in [-0.4, -0.2) is 62.1 Å². The van der Waals surface area contributed by atoms with Gasteiger partial charge in [0.1, 0.15) is 0 Å². The van der Waals surface area contributed by atoms with Crippen LogP contribution in [0.4, 0.5) is 4.79 Å². The zero-order valence-electron chi connectivity index (χ0n) is 11.2. The number of nitrogens with zero attached hydrogens (tertiary/aromatic N) is 3. The van der Waals surface area contributed by atoms with Crippen LogP contribution >= 0.6 is 11.6 Å². The van der Waals surface area contributed by atoms with Gasteiger partial charge in [-0.15, -0.1) is 16.5 Å². The fourth-order valence-electron chi connectivity index (χ4n) is 1.17. The molecular formula is C9H19ClN4O4S. The molecule has 1 atom stereocenters. The van der Waals surface area contributed by atoms with Crippen molar-refractivity contribution in [2.45, 2.75) is 19.4 Å². The highest BCUT2D eigenvalue weighted by atomic mass is 35.5. The SMILES string of the molecule is CCC(CS(=O)(=O)N(C)C)NC(=O)N(CCCl)N=O. The normalized spacial score (nSPS) is 13.1. The molecule has 0 saturated carbocycles. The third-order valence-electron chi connectivity index (χ3n) is 2.42. The van der Waals surface area contributed by atoms with Crippen LogP contribution in [-0.2, 0) is 10.0 Å². The van der Waals surface area contributed by atoms with Gasteiger partial charge >= 0.3 is 6.03 Å². The molecule has 0 spiro atoms. The molecule has 19 heavy (non-hydrogen) atoms. The minimum Gasteiger partial charge on any atom is -0.333 e. The summed E-state index contributed by atoms with van der Waals surface area (Å²) in [5.74, 6) is -0.179. The van der Waals surface area contributed by atoms with Crippen LogP contribution < -0.4 is 5.32 Å². The number of hydrogen-bond donors (Lipinski definition) is 1. The van der Waals surface area contributed by atoms with Gasteiger partial charge in [0.15, 0.2) is 0 Å². The van der Waals surface area contributed by atoms with Crippen LogP contribution in [0.1, 0.15) is 13.3 Å². The summed E-state index contributed by atoms with van der Waals surface area (Å²) >= 11 is 5.41. The van der Waals surface area contributed by atoms with E-state index in [1.165, 1.54) is 14.1 Å². The summed E-state index contributed by atoms with van der Waals surface area (Å²) in [7, 11) is -0.608. The maximum absolute atomic E-state index is 11.7. The first-order valence-electron chi connectivity index (χ1n) is 5.66. The van der Waals surface area contributed by atoms with Gasteiger partial charge in [-0.2, -0.15) is 5.01 Å². The number of urea groups is 1. The third-order valence-corrected chi connectivity index (χ3v) is 4.52. The monoisotopic (exact) mass is 314 g/mol. The second kappa shape index (κ2) is 8.28. The molecule has 0 aliphatic rings. The summed E-state index contributed by atoms with van der Waals surface area (Å²) in [4.78, 5) is 22.1. The van der Waals surface area contributed by atoms with Gasteiger partial charge in [0.2, 0.25) is 10.0 Å². The molecule has 0 aromatic rings. The first-order valence-corrected chi connectivity index (χ1v) is 7.80. The summed E-state index contributed by atoms with van der Waals surface area (Å²) in [6, 6.07) is -1.35. The van der Waals surface area contributed by atoms with E-state index in [2.05, 4.69) is 10.6 Å². The number of hydrogen-bond acceptors (Lipinski definition) is 5. The molecule has 0 aromatic heterocycles. The lowest BCUT2D eigenvalue weighted by molar-refractivity contribution is 0.198. The number of rotatable bonds is 8. The van der Waals surface area contributed by atoms with Gasteiger partial charge in [0.05, 0.1) is 17.6 Å². The van der Waals surface area contributed by atoms with Crippen molar-refractivity contribution in [2.75, 3.05) is 32.3 Å². The Bertz CT molecular complexity index is 401. The van der Waals surface area contributed by atoms with Crippen molar-refractivity contribution in [1.29, 1.82) is 0 Å². The van der Waals surface area contributed by atoms with E-state index in [-0.39, 0.29) is 18.2 Å². The van der Waals surface area contributed by atoms with E-state index in [4.69, 9.17) is 11.6 Å². The van der Waals surface area contributed by atoms with Crippen molar-refractivity contribution < 1.29 is 13.2 Å². The number of nitrogens with one attached hydrogen (secondary N) is 1. The van der Waals surface area contributed by atoms with Crippen LogP contribution in [0.5, 0.6) is 0 Å². The van der Waals surface area contributed by atoms with E-state index < -0.39 is 22.1 Å². The number of carbonyl (C=O) groups is 1. The van der Waals surface area contributed by atoms with Crippen molar-refractivity contribution in [2.24, 2.45) is 5.29 Å². The smallest absolute Gasteiger partial charge is 0.333 e. The molecule has 0 aliphatic heterocycles. The molecule has 0 bridgehead atoms. The lowest BCUT2D eigenvalue weighted by atomic mass is 10.3. The van der Waals surface area contributed by atoms with Gasteiger partial charge in [-0.1, -0.05) is 6.92 Å². The van der Waals surface area contributed by atoms with Crippen molar-refractivity contribution >= 4 is 27.7 Å². The summed E-state index contributed by atoms with van der Waals surface area (Å²) in [5.41, 5.74) is 0. The number of carbonyl (C=O) groups excluding carboxylic acids is 1. The second-order valence-corrected chi connectivity index (χ2v) is 6.61. The molecule has 0 rings (SSSR count). The van der Waals surface area contributed by atoms with E-state index in [1.807, 2.05) is 0 Å². The third kappa shape index (κ3) is 6.17. The first kappa shape index (κ1) is 18.1. The number of nitroso groups, excluding NO2 is 1. The Kier molecular flexibility index (Phi) is 7.88. The van der Waals surface area contributed by atoms with Gasteiger partial charge in [-0.25, -0.2) is 17.5 Å². The molecule has 10 heteroatoms. The van der Waals surface area contributed by atoms with Crippen molar-refractivity contribution in [3.8, 4) is 0 Å². The molecule has 1 unspecified atom stereocenters. The highest BCUT2D eigenvalue weighted by Gasteiger charge is 2.23. The van der Waals surface area contributed by atoms with Crippen LogP contribution in [0, 0.1) is 4.91 Å². The second-order valence-electron chi connectivity index (χ2n) is 4.01. The fourth-order valence-corrected chi connectivity index (χ4v) is 2.46. The Morgan fingerprint density at radius 3 is 2.37 bits per heavy atom. The molecule has 0 fully saturated rings. The maximum atomic E-state index is 11.7. The predicted octanol–water partition coefficient (Wildman–Crippen LogP) is 0.588. The molecule has 0 aromatic carbocycles. The first-order chi connectivity index (χ1) is 8.78. The molecule has 0 saturated heterocycles. The molecule has 2 amide bonds. The number of alkyl halides is 1. The Hall–Kier alpha value is -0.930. The van der Waals surface area contributed by atoms with Crippen LogP contribution in [0.25, 0.3) is 0 Å². The highest BCUT2D eigenvalue weighted by molar-refractivity contribution is 7.89.